The molecular weight excluding hydrogens is 749 g/mol. The van der Waals surface area contributed by atoms with Gasteiger partial charge in [-0.1, -0.05) is 43.5 Å². The van der Waals surface area contributed by atoms with Crippen LogP contribution >= 0.6 is 11.6 Å². The van der Waals surface area contributed by atoms with E-state index in [0.29, 0.717) is 63.4 Å². The molecule has 1 heterocycles. The van der Waals surface area contributed by atoms with Gasteiger partial charge < -0.3 is 40.9 Å². The van der Waals surface area contributed by atoms with Crippen LogP contribution in [-0.2, 0) is 32.0 Å². The number of nitrogens with one attached hydrogen (secondary N) is 3. The van der Waals surface area contributed by atoms with E-state index in [1.54, 1.807) is 24.3 Å². The number of alkyl halides is 6. The molecular formula is C33H42ClF7N4O8. The zero-order chi connectivity index (χ0) is 40.4. The monoisotopic (exact) mass is 790 g/mol. The first-order valence-corrected chi connectivity index (χ1v) is 16.6. The van der Waals surface area contributed by atoms with E-state index < -0.39 is 30.1 Å². The lowest BCUT2D eigenvalue weighted by molar-refractivity contribution is -0.193. The third kappa shape index (κ3) is 17.8. The van der Waals surface area contributed by atoms with E-state index in [9.17, 15) is 45.4 Å². The van der Waals surface area contributed by atoms with Crippen LogP contribution in [0.2, 0.25) is 5.02 Å². The first-order chi connectivity index (χ1) is 24.7. The number of carbonyl (C=O) groups excluding carboxylic acids is 2. The van der Waals surface area contributed by atoms with Crippen LogP contribution in [0, 0.1) is 5.82 Å². The molecule has 2 amide bonds. The van der Waals surface area contributed by atoms with E-state index in [1.165, 1.54) is 6.07 Å². The van der Waals surface area contributed by atoms with Crippen molar-refractivity contribution in [1.82, 2.24) is 15.5 Å². The lowest BCUT2D eigenvalue weighted by Crippen LogP contribution is -2.43. The largest absolute Gasteiger partial charge is 0.506 e. The topological polar surface area (TPSA) is 178 Å². The van der Waals surface area contributed by atoms with Gasteiger partial charge in [-0.15, -0.1) is 0 Å². The summed E-state index contributed by atoms with van der Waals surface area (Å²) in [7, 11) is 0. The van der Waals surface area contributed by atoms with Gasteiger partial charge in [0, 0.05) is 32.1 Å². The molecule has 3 rings (SSSR count). The number of nitrogens with zero attached hydrogens (tertiary/aromatic N) is 1. The second kappa shape index (κ2) is 22.7. The van der Waals surface area contributed by atoms with Crippen molar-refractivity contribution in [3.63, 3.8) is 0 Å². The average Bonchev–Trinajstić information content (AvgIpc) is 3.07. The van der Waals surface area contributed by atoms with Crippen LogP contribution in [0.4, 0.5) is 36.4 Å². The predicted octanol–water partition coefficient (Wildman–Crippen LogP) is 5.54. The summed E-state index contributed by atoms with van der Waals surface area (Å²) in [5.74, 6) is -5.61. The fourth-order valence-corrected chi connectivity index (χ4v) is 4.80. The van der Waals surface area contributed by atoms with E-state index >= 15 is 0 Å². The quantitative estimate of drug-likeness (QED) is 0.0719. The number of unbranched alkanes of at least 4 members (excludes halogenated alkanes) is 1. The summed E-state index contributed by atoms with van der Waals surface area (Å²) in [4.78, 5) is 44.4. The highest BCUT2D eigenvalue weighted by Gasteiger charge is 2.39. The molecule has 0 spiro atoms. The lowest BCUT2D eigenvalue weighted by Gasteiger charge is -2.30. The highest BCUT2D eigenvalue weighted by Crippen LogP contribution is 2.39. The van der Waals surface area contributed by atoms with Crippen molar-refractivity contribution in [2.45, 2.75) is 70.8 Å². The number of benzene rings is 2. The summed E-state index contributed by atoms with van der Waals surface area (Å²) in [6.45, 7) is 7.35. The molecule has 2 aromatic carbocycles. The van der Waals surface area contributed by atoms with Gasteiger partial charge in [0.1, 0.15) is 17.3 Å². The van der Waals surface area contributed by atoms with E-state index in [4.69, 9.17) is 36.1 Å². The smallest absolute Gasteiger partial charge is 0.490 e. The Morgan fingerprint density at radius 2 is 1.55 bits per heavy atom. The van der Waals surface area contributed by atoms with Gasteiger partial charge in [-0.2, -0.15) is 26.3 Å². The fraction of sp³-hybridized carbons (Fsp3) is 0.515. The maximum Gasteiger partial charge on any atom is 0.490 e. The summed E-state index contributed by atoms with van der Waals surface area (Å²) < 4.78 is 82.4. The molecule has 12 nitrogen and oxygen atoms in total. The highest BCUT2D eigenvalue weighted by atomic mass is 35.5. The molecule has 0 unspecified atom stereocenters. The number of fused-ring (bicyclic) bond motifs is 1. The number of hydrogen-bond donors (Lipinski definition) is 6. The summed E-state index contributed by atoms with van der Waals surface area (Å²) in [6.07, 6.45) is -5.29. The third-order valence-electron chi connectivity index (χ3n) is 7.33. The maximum atomic E-state index is 13.3. The summed E-state index contributed by atoms with van der Waals surface area (Å²) >= 11 is 5.85. The molecule has 1 aliphatic heterocycles. The first kappa shape index (κ1) is 46.7. The molecule has 0 fully saturated rings. The Bertz CT molecular complexity index is 1490. The Hall–Kier alpha value is -4.36. The second-order valence-corrected chi connectivity index (χ2v) is 11.9. The zero-order valence-electron chi connectivity index (χ0n) is 28.8. The number of carboxylic acid groups (broad SMARTS) is 2. The van der Waals surface area contributed by atoms with Crippen molar-refractivity contribution in [3.05, 3.63) is 52.3 Å². The fourth-order valence-electron chi connectivity index (χ4n) is 4.60. The van der Waals surface area contributed by atoms with Crippen molar-refractivity contribution < 1.29 is 70.0 Å². The van der Waals surface area contributed by atoms with Crippen LogP contribution in [0.15, 0.2) is 30.3 Å². The van der Waals surface area contributed by atoms with Crippen LogP contribution in [0.5, 0.6) is 11.5 Å². The second-order valence-electron chi connectivity index (χ2n) is 11.5. The van der Waals surface area contributed by atoms with Crippen LogP contribution < -0.4 is 20.7 Å². The number of aromatic hydroxyl groups is 1. The number of aliphatic carboxylic acids is 2. The van der Waals surface area contributed by atoms with Crippen LogP contribution in [-0.4, -0.2) is 102 Å². The maximum absolute atomic E-state index is 13.3. The predicted molar refractivity (Wildman–Crippen MR) is 179 cm³/mol. The molecule has 0 radical (unpaired) electrons. The van der Waals surface area contributed by atoms with Gasteiger partial charge in [0.05, 0.1) is 5.02 Å². The van der Waals surface area contributed by atoms with Gasteiger partial charge >= 0.3 is 24.3 Å². The Kier molecular flexibility index (Phi) is 19.9. The lowest BCUT2D eigenvalue weighted by atomic mass is 10.1. The number of phenolic OH excluding ortho intramolecular Hbond substituents is 1. The number of amides is 2. The molecule has 0 aromatic heterocycles. The minimum absolute atomic E-state index is 0.0145. The van der Waals surface area contributed by atoms with Crippen molar-refractivity contribution >= 4 is 41.0 Å². The molecule has 0 saturated carbocycles. The number of halogens is 8. The number of hydrogen-bond acceptors (Lipinski definition) is 8. The van der Waals surface area contributed by atoms with Crippen molar-refractivity contribution in [2.24, 2.45) is 0 Å². The van der Waals surface area contributed by atoms with Gasteiger partial charge in [-0.3, -0.25) is 9.59 Å². The van der Waals surface area contributed by atoms with E-state index in [2.05, 4.69) is 29.8 Å². The number of ether oxygens (including phenoxy) is 1. The van der Waals surface area contributed by atoms with E-state index in [-0.39, 0.29) is 35.2 Å². The number of carbonyl (C=O) groups is 4. The summed E-state index contributed by atoms with van der Waals surface area (Å²) in [6, 6.07) is 8.24. The van der Waals surface area contributed by atoms with Gasteiger partial charge in [0.2, 0.25) is 5.91 Å². The molecule has 6 N–H and O–H groups in total. The minimum Gasteiger partial charge on any atom is -0.506 e. The third-order valence-corrected chi connectivity index (χ3v) is 7.62. The van der Waals surface area contributed by atoms with Crippen molar-refractivity contribution in [3.8, 4) is 11.5 Å². The van der Waals surface area contributed by atoms with Crippen LogP contribution in [0.3, 0.4) is 0 Å². The Balaban J connectivity index is 0.000000845. The molecule has 1 aliphatic rings. The highest BCUT2D eigenvalue weighted by molar-refractivity contribution is 6.30. The standard InChI is InChI=1S/C29H40ClFN4O4.2C2HF3O2/c1-3-4-5-20(2)35(27(38)12-15-32-13-10-21-6-8-24(31)23(30)18-21)17-16-33-14-11-22-7-9-25(36)28-29(22)39-19-26(37)34-28;2*3-2(4,5)1(6)7/h6-9,18,20,32-33,36H,3-5,10-17,19H2,1-2H3,(H,34,37);2*(H,6,7)/t20-;;/m1../s1. The molecule has 20 heteroatoms. The summed E-state index contributed by atoms with van der Waals surface area (Å²) in [5.41, 5.74) is 2.17. The Morgan fingerprint density at radius 3 is 2.11 bits per heavy atom. The van der Waals surface area contributed by atoms with Gasteiger partial charge in [0.25, 0.3) is 5.91 Å². The van der Waals surface area contributed by atoms with Gasteiger partial charge in [0.15, 0.2) is 12.4 Å². The first-order valence-electron chi connectivity index (χ1n) is 16.2. The SMILES string of the molecule is CCCC[C@@H](C)N(CCNCCc1ccc(O)c2c1OCC(=O)N2)C(=O)CCNCCc1ccc(F)c(Cl)c1.O=C(O)C(F)(F)F.O=C(O)C(F)(F)F. The normalized spacial score (nSPS) is 12.8. The zero-order valence-corrected chi connectivity index (χ0v) is 29.6. The van der Waals surface area contributed by atoms with Crippen LogP contribution in [0.1, 0.15) is 50.7 Å². The molecule has 0 saturated heterocycles. The van der Waals surface area contributed by atoms with Crippen LogP contribution in [0.25, 0.3) is 0 Å². The van der Waals surface area contributed by atoms with Gasteiger partial charge in [-0.25, -0.2) is 14.0 Å². The molecule has 0 bridgehead atoms. The molecule has 298 valence electrons. The Labute approximate surface area is 305 Å². The number of phenols is 1. The number of rotatable bonds is 16. The van der Waals surface area contributed by atoms with Gasteiger partial charge in [-0.05, 0) is 68.6 Å². The molecule has 1 atom stereocenters. The van der Waals surface area contributed by atoms with E-state index in [1.807, 2.05) is 4.90 Å². The summed E-state index contributed by atoms with van der Waals surface area (Å²) in [5, 5.41) is 33.8. The number of carboxylic acids is 2. The molecule has 53 heavy (non-hydrogen) atoms. The molecule has 0 aliphatic carbocycles. The number of anilines is 1. The van der Waals surface area contributed by atoms with E-state index in [0.717, 1.165) is 30.4 Å². The Morgan fingerprint density at radius 1 is 0.962 bits per heavy atom. The van der Waals surface area contributed by atoms with Crippen molar-refractivity contribution in [1.29, 1.82) is 0 Å². The minimum atomic E-state index is -5.08. The van der Waals surface area contributed by atoms with Crippen molar-refractivity contribution in [2.75, 3.05) is 44.6 Å². The molecule has 2 aromatic rings. The average molecular weight is 791 g/mol.